The molecule has 0 aromatic rings. The van der Waals surface area contributed by atoms with E-state index in [2.05, 4.69) is 5.32 Å². The Morgan fingerprint density at radius 1 is 1.32 bits per heavy atom. The molecule has 0 radical (unpaired) electrons. The molecule has 19 heavy (non-hydrogen) atoms. The number of nitrogens with two attached hydrogens (primary N) is 1. The fraction of sp³-hybridized carbons (Fsp3) is 0.933. The van der Waals surface area contributed by atoms with Crippen LogP contribution in [0.5, 0.6) is 0 Å². The molecule has 1 rings (SSSR count). The summed E-state index contributed by atoms with van der Waals surface area (Å²) < 4.78 is 5.26. The van der Waals surface area contributed by atoms with Gasteiger partial charge in [0, 0.05) is 12.6 Å². The SMILES string of the molecule is CC(C)(C)OC(=O)NC(CN)CCC1CCCCC1. The zero-order chi connectivity index (χ0) is 14.3. The third-order valence-electron chi connectivity index (χ3n) is 3.65. The lowest BCUT2D eigenvalue weighted by atomic mass is 9.85. The minimum absolute atomic E-state index is 0.0387. The first-order valence-electron chi connectivity index (χ1n) is 7.60. The van der Waals surface area contributed by atoms with Gasteiger partial charge in [-0.2, -0.15) is 0 Å². The molecule has 4 nitrogen and oxygen atoms in total. The van der Waals surface area contributed by atoms with Crippen LogP contribution in [0.15, 0.2) is 0 Å². The number of rotatable bonds is 5. The van der Waals surface area contributed by atoms with Crippen LogP contribution in [0.4, 0.5) is 4.79 Å². The maximum atomic E-state index is 11.7. The monoisotopic (exact) mass is 270 g/mol. The van der Waals surface area contributed by atoms with Crippen LogP contribution in [-0.4, -0.2) is 24.3 Å². The van der Waals surface area contributed by atoms with Gasteiger partial charge in [0.25, 0.3) is 0 Å². The van der Waals surface area contributed by atoms with Crippen molar-refractivity contribution in [1.29, 1.82) is 0 Å². The fourth-order valence-electron chi connectivity index (χ4n) is 2.64. The minimum atomic E-state index is -0.452. The molecule has 1 aliphatic carbocycles. The Morgan fingerprint density at radius 3 is 2.47 bits per heavy atom. The number of carbonyl (C=O) groups excluding carboxylic acids is 1. The molecule has 1 amide bonds. The Kier molecular flexibility index (Phi) is 6.63. The molecular weight excluding hydrogens is 240 g/mol. The predicted octanol–water partition coefficient (Wildman–Crippen LogP) is 3.20. The highest BCUT2D eigenvalue weighted by atomic mass is 16.6. The highest BCUT2D eigenvalue weighted by Gasteiger charge is 2.20. The van der Waals surface area contributed by atoms with E-state index in [0.29, 0.717) is 6.54 Å². The Hall–Kier alpha value is -0.770. The Balaban J connectivity index is 2.26. The normalized spacial score (nSPS) is 18.9. The second-order valence-corrected chi connectivity index (χ2v) is 6.66. The minimum Gasteiger partial charge on any atom is -0.444 e. The van der Waals surface area contributed by atoms with Crippen LogP contribution in [0.25, 0.3) is 0 Å². The van der Waals surface area contributed by atoms with E-state index in [0.717, 1.165) is 18.8 Å². The van der Waals surface area contributed by atoms with Gasteiger partial charge in [0.15, 0.2) is 0 Å². The van der Waals surface area contributed by atoms with Crippen molar-refractivity contribution >= 4 is 6.09 Å². The molecule has 1 fully saturated rings. The molecule has 0 aliphatic heterocycles. The second kappa shape index (κ2) is 7.73. The molecule has 0 saturated heterocycles. The van der Waals surface area contributed by atoms with E-state index in [1.807, 2.05) is 20.8 Å². The summed E-state index contributed by atoms with van der Waals surface area (Å²) in [4.78, 5) is 11.7. The summed E-state index contributed by atoms with van der Waals surface area (Å²) >= 11 is 0. The van der Waals surface area contributed by atoms with Crippen molar-refractivity contribution in [3.63, 3.8) is 0 Å². The average molecular weight is 270 g/mol. The Labute approximate surface area is 117 Å². The topological polar surface area (TPSA) is 64.3 Å². The van der Waals surface area contributed by atoms with Crippen molar-refractivity contribution in [2.75, 3.05) is 6.54 Å². The highest BCUT2D eigenvalue weighted by molar-refractivity contribution is 5.68. The van der Waals surface area contributed by atoms with Gasteiger partial charge >= 0.3 is 6.09 Å². The number of alkyl carbamates (subject to hydrolysis) is 1. The van der Waals surface area contributed by atoms with E-state index < -0.39 is 5.60 Å². The molecular formula is C15H30N2O2. The lowest BCUT2D eigenvalue weighted by molar-refractivity contribution is 0.0501. The number of carbonyl (C=O) groups is 1. The van der Waals surface area contributed by atoms with E-state index in [4.69, 9.17) is 10.5 Å². The predicted molar refractivity (Wildman–Crippen MR) is 78.0 cm³/mol. The van der Waals surface area contributed by atoms with Crippen molar-refractivity contribution in [2.24, 2.45) is 11.7 Å². The number of ether oxygens (including phenoxy) is 1. The van der Waals surface area contributed by atoms with Crippen molar-refractivity contribution in [1.82, 2.24) is 5.32 Å². The number of nitrogens with one attached hydrogen (secondary N) is 1. The quantitative estimate of drug-likeness (QED) is 0.806. The third-order valence-corrected chi connectivity index (χ3v) is 3.65. The molecule has 0 spiro atoms. The fourth-order valence-corrected chi connectivity index (χ4v) is 2.64. The molecule has 1 saturated carbocycles. The summed E-state index contributed by atoms with van der Waals surface area (Å²) in [5.74, 6) is 0.822. The zero-order valence-electron chi connectivity index (χ0n) is 12.7. The Morgan fingerprint density at radius 2 is 1.95 bits per heavy atom. The summed E-state index contributed by atoms with van der Waals surface area (Å²) in [7, 11) is 0. The van der Waals surface area contributed by atoms with Gasteiger partial charge in [-0.3, -0.25) is 0 Å². The lowest BCUT2D eigenvalue weighted by Gasteiger charge is -2.25. The summed E-state index contributed by atoms with van der Waals surface area (Å²) in [5.41, 5.74) is 5.28. The molecule has 1 unspecified atom stereocenters. The van der Waals surface area contributed by atoms with Gasteiger partial charge in [-0.15, -0.1) is 0 Å². The Bertz CT molecular complexity index is 268. The van der Waals surface area contributed by atoms with Crippen LogP contribution < -0.4 is 11.1 Å². The number of hydrogen-bond acceptors (Lipinski definition) is 3. The van der Waals surface area contributed by atoms with Crippen LogP contribution >= 0.6 is 0 Å². The first-order valence-corrected chi connectivity index (χ1v) is 7.60. The average Bonchev–Trinajstić information content (AvgIpc) is 2.33. The van der Waals surface area contributed by atoms with Crippen LogP contribution in [-0.2, 0) is 4.74 Å². The van der Waals surface area contributed by atoms with Crippen molar-refractivity contribution in [2.45, 2.75) is 77.4 Å². The van der Waals surface area contributed by atoms with Gasteiger partial charge in [0.05, 0.1) is 0 Å². The molecule has 3 N–H and O–H groups in total. The van der Waals surface area contributed by atoms with E-state index in [1.54, 1.807) is 0 Å². The summed E-state index contributed by atoms with van der Waals surface area (Å²) in [6, 6.07) is 0.0387. The summed E-state index contributed by atoms with van der Waals surface area (Å²) in [6.07, 6.45) is 8.54. The third kappa shape index (κ3) is 7.41. The first-order chi connectivity index (χ1) is 8.90. The van der Waals surface area contributed by atoms with Crippen molar-refractivity contribution in [3.05, 3.63) is 0 Å². The maximum absolute atomic E-state index is 11.7. The summed E-state index contributed by atoms with van der Waals surface area (Å²) in [5, 5.41) is 2.88. The maximum Gasteiger partial charge on any atom is 0.407 e. The van der Waals surface area contributed by atoms with Crippen LogP contribution in [0.1, 0.15) is 65.7 Å². The summed E-state index contributed by atoms with van der Waals surface area (Å²) in [6.45, 7) is 6.08. The second-order valence-electron chi connectivity index (χ2n) is 6.66. The number of amides is 1. The molecule has 0 heterocycles. The van der Waals surface area contributed by atoms with Gasteiger partial charge in [0.2, 0.25) is 0 Å². The molecule has 0 bridgehead atoms. The zero-order valence-corrected chi connectivity index (χ0v) is 12.7. The first kappa shape index (κ1) is 16.3. The number of hydrogen-bond donors (Lipinski definition) is 2. The molecule has 112 valence electrons. The van der Waals surface area contributed by atoms with Gasteiger partial charge in [-0.05, 0) is 39.5 Å². The highest BCUT2D eigenvalue weighted by Crippen LogP contribution is 2.27. The van der Waals surface area contributed by atoms with Gasteiger partial charge in [-0.25, -0.2) is 4.79 Å². The van der Waals surface area contributed by atoms with E-state index in [1.165, 1.54) is 32.1 Å². The van der Waals surface area contributed by atoms with E-state index in [9.17, 15) is 4.79 Å². The van der Waals surface area contributed by atoms with Crippen LogP contribution in [0.2, 0.25) is 0 Å². The largest absolute Gasteiger partial charge is 0.444 e. The van der Waals surface area contributed by atoms with Crippen LogP contribution in [0, 0.1) is 5.92 Å². The van der Waals surface area contributed by atoms with Crippen molar-refractivity contribution in [3.8, 4) is 0 Å². The lowest BCUT2D eigenvalue weighted by Crippen LogP contribution is -2.43. The molecule has 0 aromatic heterocycles. The van der Waals surface area contributed by atoms with E-state index in [-0.39, 0.29) is 12.1 Å². The van der Waals surface area contributed by atoms with Crippen molar-refractivity contribution < 1.29 is 9.53 Å². The molecule has 1 aliphatic rings. The standard InChI is InChI=1S/C15H30N2O2/c1-15(2,3)19-14(18)17-13(11-16)10-9-12-7-5-4-6-8-12/h12-13H,4-11,16H2,1-3H3,(H,17,18). The molecule has 1 atom stereocenters. The van der Waals surface area contributed by atoms with Gasteiger partial charge in [0.1, 0.15) is 5.60 Å². The van der Waals surface area contributed by atoms with Gasteiger partial charge in [-0.1, -0.05) is 32.1 Å². The van der Waals surface area contributed by atoms with Gasteiger partial charge < -0.3 is 15.8 Å². The molecule has 4 heteroatoms. The smallest absolute Gasteiger partial charge is 0.407 e. The molecule has 0 aromatic carbocycles. The van der Waals surface area contributed by atoms with Crippen LogP contribution in [0.3, 0.4) is 0 Å². The van der Waals surface area contributed by atoms with E-state index >= 15 is 0 Å².